The minimum atomic E-state index is -0.917. The Balaban J connectivity index is 2.76. The van der Waals surface area contributed by atoms with Crippen molar-refractivity contribution >= 4 is 34.0 Å². The molecule has 0 aromatic heterocycles. The van der Waals surface area contributed by atoms with Gasteiger partial charge in [0.25, 0.3) is 0 Å². The van der Waals surface area contributed by atoms with Gasteiger partial charge in [-0.15, -0.1) is 0 Å². The van der Waals surface area contributed by atoms with Gasteiger partial charge in [-0.25, -0.2) is 4.99 Å². The molecule has 0 amide bonds. The topological polar surface area (TPSA) is 153 Å². The van der Waals surface area contributed by atoms with Crippen LogP contribution in [0.15, 0.2) is 11.1 Å². The van der Waals surface area contributed by atoms with Crippen molar-refractivity contribution < 1.29 is 19.3 Å². The maximum Gasteiger partial charge on any atom is 0.393 e. The molecule has 1 N–H and O–H groups in total. The Morgan fingerprint density at radius 2 is 2.00 bits per heavy atom. The van der Waals surface area contributed by atoms with Gasteiger partial charge in [-0.3, -0.25) is 25.5 Å². The van der Waals surface area contributed by atoms with E-state index in [1.807, 2.05) is 0 Å². The first-order valence-electron chi connectivity index (χ1n) is 6.02. The lowest BCUT2D eigenvalue weighted by molar-refractivity contribution is -0.422. The van der Waals surface area contributed by atoms with Crippen molar-refractivity contribution in [2.75, 3.05) is 19.5 Å². The maximum absolute atomic E-state index is 11.3. The summed E-state index contributed by atoms with van der Waals surface area (Å²) in [4.78, 5) is 24.6. The molecule has 0 spiro atoms. The Morgan fingerprint density at radius 1 is 1.35 bits per heavy atom. The molecule has 1 aromatic carbocycles. The number of nitriles is 1. The molecule has 2 rings (SSSR count). The molecule has 1 aromatic rings. The van der Waals surface area contributed by atoms with E-state index in [9.17, 15) is 20.2 Å². The van der Waals surface area contributed by atoms with E-state index in [0.717, 1.165) is 11.8 Å². The van der Waals surface area contributed by atoms with Crippen LogP contribution in [0.25, 0.3) is 0 Å². The number of aliphatic imine (C=N–C) groups is 1. The van der Waals surface area contributed by atoms with Gasteiger partial charge in [-0.2, -0.15) is 5.26 Å². The normalized spacial score (nSPS) is 13.1. The van der Waals surface area contributed by atoms with Gasteiger partial charge < -0.3 is 9.47 Å². The fourth-order valence-corrected chi connectivity index (χ4v) is 2.20. The van der Waals surface area contributed by atoms with Gasteiger partial charge in [0.2, 0.25) is 5.75 Å². The molecule has 11 nitrogen and oxygen atoms in total. The Bertz CT molecular complexity index is 743. The van der Waals surface area contributed by atoms with Crippen molar-refractivity contribution in [1.29, 1.82) is 5.26 Å². The number of nitrogens with one attached hydrogen (secondary N) is 1. The second kappa shape index (κ2) is 6.79. The quantitative estimate of drug-likeness (QED) is 0.216. The largest absolute Gasteiger partial charge is 0.486 e. The first-order chi connectivity index (χ1) is 11.0. The lowest BCUT2D eigenvalue weighted by Gasteiger charge is -2.18. The summed E-state index contributed by atoms with van der Waals surface area (Å²) in [7, 11) is 0. The summed E-state index contributed by atoms with van der Waals surface area (Å²) >= 11 is 1.01. The number of fused-ring (bicyclic) bond motifs is 1. The smallest absolute Gasteiger partial charge is 0.393 e. The fourth-order valence-electron chi connectivity index (χ4n) is 1.86. The van der Waals surface area contributed by atoms with Crippen molar-refractivity contribution in [2.45, 2.75) is 0 Å². The van der Waals surface area contributed by atoms with Crippen LogP contribution in [0.5, 0.6) is 11.5 Å². The second-order valence-corrected chi connectivity index (χ2v) is 4.78. The average Bonchev–Trinajstić information content (AvgIpc) is 2.52. The molecule has 0 atom stereocenters. The van der Waals surface area contributed by atoms with Gasteiger partial charge in [-0.05, 0) is 6.26 Å². The minimum Gasteiger partial charge on any atom is -0.486 e. The zero-order chi connectivity index (χ0) is 17.0. The van der Waals surface area contributed by atoms with Crippen LogP contribution in [0.1, 0.15) is 0 Å². The number of hydrogen-bond acceptors (Lipinski definition) is 9. The molecule has 120 valence electrons. The lowest BCUT2D eigenvalue weighted by Crippen LogP contribution is -2.17. The molecule has 0 unspecified atom stereocenters. The summed E-state index contributed by atoms with van der Waals surface area (Å²) in [6.45, 7) is 0.191. The maximum atomic E-state index is 11.3. The molecule has 0 aliphatic carbocycles. The molecule has 0 bridgehead atoms. The van der Waals surface area contributed by atoms with Crippen LogP contribution >= 0.6 is 11.8 Å². The molecule has 1 aliphatic heterocycles. The summed E-state index contributed by atoms with van der Waals surface area (Å²) in [6.07, 6.45) is 3.21. The van der Waals surface area contributed by atoms with E-state index in [4.69, 9.17) is 14.7 Å². The number of hydrogen-bond donors (Lipinski definition) is 1. The van der Waals surface area contributed by atoms with Crippen LogP contribution in [0, 0.1) is 31.7 Å². The number of rotatable bonds is 3. The van der Waals surface area contributed by atoms with E-state index in [-0.39, 0.29) is 35.6 Å². The number of thioether (sulfide) groups is 1. The summed E-state index contributed by atoms with van der Waals surface area (Å²) in [5.74, 6) is -0.310. The number of benzene rings is 1. The molecular formula is C11H9N5O6S. The van der Waals surface area contributed by atoms with E-state index >= 15 is 0 Å². The summed E-state index contributed by atoms with van der Waals surface area (Å²) in [5, 5.41) is 33.5. The molecule has 0 saturated carbocycles. The lowest BCUT2D eigenvalue weighted by atomic mass is 10.2. The SMILES string of the molecule is CSC(=Nc1cc2c(c([N+](=O)[O-])c1[N+](=O)[O-])OCCO2)NC#N. The highest BCUT2D eigenvalue weighted by Crippen LogP contribution is 2.50. The van der Waals surface area contributed by atoms with Crippen LogP contribution in [-0.2, 0) is 0 Å². The standard InChI is InChI=1S/C11H9N5O6S/c1-23-11(13-5-12)14-6-4-7-10(22-3-2-21-7)9(16(19)20)8(6)15(17)18/h4H,2-3H2,1H3,(H,13,14). The zero-order valence-electron chi connectivity index (χ0n) is 11.6. The third kappa shape index (κ3) is 3.24. The highest BCUT2D eigenvalue weighted by atomic mass is 32.2. The predicted molar refractivity (Wildman–Crippen MR) is 80.1 cm³/mol. The molecule has 12 heteroatoms. The third-order valence-electron chi connectivity index (χ3n) is 2.70. The Kier molecular flexibility index (Phi) is 4.82. The highest BCUT2D eigenvalue weighted by Gasteiger charge is 2.38. The second-order valence-electron chi connectivity index (χ2n) is 3.99. The number of amidine groups is 1. The molecule has 1 aliphatic rings. The first-order valence-corrected chi connectivity index (χ1v) is 7.25. The van der Waals surface area contributed by atoms with Crippen molar-refractivity contribution in [1.82, 2.24) is 5.32 Å². The van der Waals surface area contributed by atoms with Gasteiger partial charge in [0, 0.05) is 6.07 Å². The Hall–Kier alpha value is -3.07. The summed E-state index contributed by atoms with van der Waals surface area (Å²) < 4.78 is 10.4. The highest BCUT2D eigenvalue weighted by molar-refractivity contribution is 8.13. The third-order valence-corrected chi connectivity index (χ3v) is 3.28. The van der Waals surface area contributed by atoms with Gasteiger partial charge in [0.15, 0.2) is 22.8 Å². The number of nitro benzene ring substituents is 2. The van der Waals surface area contributed by atoms with E-state index in [2.05, 4.69) is 10.3 Å². The predicted octanol–water partition coefficient (Wildman–Crippen LogP) is 1.70. The first kappa shape index (κ1) is 16.3. The van der Waals surface area contributed by atoms with Crippen LogP contribution in [-0.4, -0.2) is 34.5 Å². The number of ether oxygens (including phenoxy) is 2. The van der Waals surface area contributed by atoms with Crippen LogP contribution in [0.3, 0.4) is 0 Å². The molecule has 1 heterocycles. The zero-order valence-corrected chi connectivity index (χ0v) is 12.5. The van der Waals surface area contributed by atoms with Crippen molar-refractivity contribution in [3.8, 4) is 17.7 Å². The average molecular weight is 339 g/mol. The van der Waals surface area contributed by atoms with Crippen molar-refractivity contribution in [3.63, 3.8) is 0 Å². The van der Waals surface area contributed by atoms with E-state index in [1.54, 1.807) is 12.4 Å². The van der Waals surface area contributed by atoms with Gasteiger partial charge >= 0.3 is 11.4 Å². The Morgan fingerprint density at radius 3 is 2.57 bits per heavy atom. The van der Waals surface area contributed by atoms with Crippen LogP contribution in [0.2, 0.25) is 0 Å². The minimum absolute atomic E-state index is 0.00953. The molecule has 0 radical (unpaired) electrons. The van der Waals surface area contributed by atoms with Gasteiger partial charge in [0.05, 0.1) is 9.85 Å². The summed E-state index contributed by atoms with van der Waals surface area (Å²) in [5.41, 5.74) is -1.97. The van der Waals surface area contributed by atoms with Crippen molar-refractivity contribution in [2.24, 2.45) is 4.99 Å². The van der Waals surface area contributed by atoms with E-state index < -0.39 is 21.2 Å². The van der Waals surface area contributed by atoms with Gasteiger partial charge in [0.1, 0.15) is 13.2 Å². The number of nitrogens with zero attached hydrogens (tertiary/aromatic N) is 4. The molecular weight excluding hydrogens is 330 g/mol. The molecule has 0 fully saturated rings. The Labute approximate surface area is 133 Å². The monoisotopic (exact) mass is 339 g/mol. The van der Waals surface area contributed by atoms with Crippen LogP contribution in [0.4, 0.5) is 17.1 Å². The van der Waals surface area contributed by atoms with Crippen molar-refractivity contribution in [3.05, 3.63) is 26.3 Å². The molecule has 0 saturated heterocycles. The fraction of sp³-hybridized carbons (Fsp3) is 0.273. The summed E-state index contributed by atoms with van der Waals surface area (Å²) in [6, 6.07) is 1.18. The van der Waals surface area contributed by atoms with E-state index in [0.29, 0.717) is 0 Å². The van der Waals surface area contributed by atoms with Crippen LogP contribution < -0.4 is 14.8 Å². The number of nitro groups is 2. The van der Waals surface area contributed by atoms with Gasteiger partial charge in [-0.1, -0.05) is 11.8 Å². The molecule has 23 heavy (non-hydrogen) atoms. The van der Waals surface area contributed by atoms with E-state index in [1.165, 1.54) is 6.07 Å².